The molecule has 0 saturated carbocycles. The van der Waals surface area contributed by atoms with Gasteiger partial charge in [0, 0.05) is 22.3 Å². The number of aliphatic carboxylic acids is 1. The maximum absolute atomic E-state index is 11.4. The molecule has 0 aliphatic heterocycles. The zero-order valence-corrected chi connectivity index (χ0v) is 11.0. The summed E-state index contributed by atoms with van der Waals surface area (Å²) < 4.78 is 0.967. The lowest BCUT2D eigenvalue weighted by Crippen LogP contribution is -2.10. The van der Waals surface area contributed by atoms with Gasteiger partial charge in [-0.05, 0) is 37.1 Å². The molecule has 0 atom stereocenters. The van der Waals surface area contributed by atoms with E-state index >= 15 is 0 Å². The first kappa shape index (κ1) is 13.4. The van der Waals surface area contributed by atoms with Crippen LogP contribution < -0.4 is 5.32 Å². The molecule has 1 rings (SSSR count). The molecule has 0 bridgehead atoms. The molecule has 0 unspecified atom stereocenters. The number of halogens is 1. The topological polar surface area (TPSA) is 66.4 Å². The van der Waals surface area contributed by atoms with Crippen LogP contribution in [0.2, 0.25) is 0 Å². The SMILES string of the molecule is Cc1c(Br)ccc(NC(=O)/C=C/C(=O)O)c1C. The van der Waals surface area contributed by atoms with Crippen molar-refractivity contribution >= 4 is 33.5 Å². The standard InChI is InChI=1S/C12H12BrNO3/c1-7-8(2)10(4-3-9(7)13)14-11(15)5-6-12(16)17/h3-6H,1-2H3,(H,14,15)(H,16,17)/b6-5+. The van der Waals surface area contributed by atoms with Crippen molar-refractivity contribution in [3.05, 3.63) is 39.9 Å². The van der Waals surface area contributed by atoms with E-state index in [9.17, 15) is 9.59 Å². The molecule has 0 fully saturated rings. The highest BCUT2D eigenvalue weighted by molar-refractivity contribution is 9.10. The second-order valence-electron chi connectivity index (χ2n) is 3.51. The van der Waals surface area contributed by atoms with Gasteiger partial charge >= 0.3 is 5.97 Å². The van der Waals surface area contributed by atoms with E-state index < -0.39 is 11.9 Å². The Morgan fingerprint density at radius 3 is 2.47 bits per heavy atom. The van der Waals surface area contributed by atoms with Crippen molar-refractivity contribution in [3.8, 4) is 0 Å². The smallest absolute Gasteiger partial charge is 0.328 e. The van der Waals surface area contributed by atoms with Gasteiger partial charge in [-0.15, -0.1) is 0 Å². The van der Waals surface area contributed by atoms with Crippen LogP contribution in [0.4, 0.5) is 5.69 Å². The molecule has 1 amide bonds. The first-order chi connectivity index (χ1) is 7.91. The van der Waals surface area contributed by atoms with Crippen LogP contribution in [-0.2, 0) is 9.59 Å². The summed E-state index contributed by atoms with van der Waals surface area (Å²) in [5.74, 6) is -1.61. The number of rotatable bonds is 3. The highest BCUT2D eigenvalue weighted by atomic mass is 79.9. The molecule has 90 valence electrons. The molecule has 5 heteroatoms. The molecule has 0 aromatic heterocycles. The van der Waals surface area contributed by atoms with Crippen molar-refractivity contribution in [1.82, 2.24) is 0 Å². The fourth-order valence-corrected chi connectivity index (χ4v) is 1.67. The molecule has 4 nitrogen and oxygen atoms in total. The van der Waals surface area contributed by atoms with Gasteiger partial charge in [-0.25, -0.2) is 4.79 Å². The van der Waals surface area contributed by atoms with Gasteiger partial charge in [0.15, 0.2) is 0 Å². The lowest BCUT2D eigenvalue weighted by atomic mass is 10.1. The average molecular weight is 298 g/mol. The lowest BCUT2D eigenvalue weighted by molar-refractivity contribution is -0.131. The maximum atomic E-state index is 11.4. The first-order valence-corrected chi connectivity index (χ1v) is 5.69. The van der Waals surface area contributed by atoms with E-state index in [0.29, 0.717) is 5.69 Å². The molecule has 0 aliphatic carbocycles. The number of carbonyl (C=O) groups is 2. The molecule has 0 radical (unpaired) electrons. The van der Waals surface area contributed by atoms with Crippen molar-refractivity contribution in [2.75, 3.05) is 5.32 Å². The van der Waals surface area contributed by atoms with E-state index in [1.807, 2.05) is 19.9 Å². The highest BCUT2D eigenvalue weighted by Gasteiger charge is 2.06. The van der Waals surface area contributed by atoms with Crippen LogP contribution in [-0.4, -0.2) is 17.0 Å². The summed E-state index contributed by atoms with van der Waals surface area (Å²) in [5.41, 5.74) is 2.65. The van der Waals surface area contributed by atoms with Gasteiger partial charge in [-0.2, -0.15) is 0 Å². The number of carboxylic acids is 1. The highest BCUT2D eigenvalue weighted by Crippen LogP contribution is 2.25. The van der Waals surface area contributed by atoms with Crippen molar-refractivity contribution in [3.63, 3.8) is 0 Å². The summed E-state index contributed by atoms with van der Waals surface area (Å²) in [7, 11) is 0. The zero-order valence-electron chi connectivity index (χ0n) is 9.45. The summed E-state index contributed by atoms with van der Waals surface area (Å²) in [6.07, 6.45) is 1.79. The molecule has 0 spiro atoms. The van der Waals surface area contributed by atoms with E-state index in [4.69, 9.17) is 5.11 Å². The molecular formula is C12H12BrNO3. The fourth-order valence-electron chi connectivity index (χ4n) is 1.24. The minimum absolute atomic E-state index is 0.461. The second kappa shape index (κ2) is 5.63. The Morgan fingerprint density at radius 1 is 1.24 bits per heavy atom. The summed E-state index contributed by atoms with van der Waals surface area (Å²) in [6.45, 7) is 3.82. The number of amides is 1. The number of nitrogens with one attached hydrogen (secondary N) is 1. The third-order valence-corrected chi connectivity index (χ3v) is 3.22. The van der Waals surface area contributed by atoms with Gasteiger partial charge in [0.2, 0.25) is 5.91 Å². The molecule has 1 aromatic rings. The Bertz CT molecular complexity index is 495. The molecule has 0 saturated heterocycles. The van der Waals surface area contributed by atoms with Crippen LogP contribution in [0, 0.1) is 13.8 Å². The Morgan fingerprint density at radius 2 is 1.88 bits per heavy atom. The third-order valence-electron chi connectivity index (χ3n) is 2.36. The Kier molecular flexibility index (Phi) is 4.45. The van der Waals surface area contributed by atoms with E-state index in [0.717, 1.165) is 27.8 Å². The van der Waals surface area contributed by atoms with Crippen molar-refractivity contribution in [2.45, 2.75) is 13.8 Å². The van der Waals surface area contributed by atoms with E-state index in [1.165, 1.54) is 0 Å². The normalized spacial score (nSPS) is 10.5. The molecule has 2 N–H and O–H groups in total. The molecule has 0 heterocycles. The largest absolute Gasteiger partial charge is 0.478 e. The summed E-state index contributed by atoms with van der Waals surface area (Å²) in [5, 5.41) is 11.0. The number of hydrogen-bond acceptors (Lipinski definition) is 2. The van der Waals surface area contributed by atoms with Crippen LogP contribution in [0.15, 0.2) is 28.8 Å². The maximum Gasteiger partial charge on any atom is 0.328 e. The summed E-state index contributed by atoms with van der Waals surface area (Å²) in [6, 6.07) is 3.60. The number of anilines is 1. The quantitative estimate of drug-likeness (QED) is 0.843. The predicted octanol–water partition coefficient (Wildman–Crippen LogP) is 2.65. The predicted molar refractivity (Wildman–Crippen MR) is 69.0 cm³/mol. The monoisotopic (exact) mass is 297 g/mol. The minimum Gasteiger partial charge on any atom is -0.478 e. The Labute approximate surface area is 107 Å². The molecular weight excluding hydrogens is 286 g/mol. The van der Waals surface area contributed by atoms with E-state index in [-0.39, 0.29) is 0 Å². The van der Waals surface area contributed by atoms with Crippen molar-refractivity contribution in [2.24, 2.45) is 0 Å². The van der Waals surface area contributed by atoms with Crippen LogP contribution in [0.5, 0.6) is 0 Å². The Balaban J connectivity index is 2.86. The number of carbonyl (C=O) groups excluding carboxylic acids is 1. The Hall–Kier alpha value is -1.62. The third kappa shape index (κ3) is 3.71. The average Bonchev–Trinajstić information content (AvgIpc) is 2.27. The molecule has 17 heavy (non-hydrogen) atoms. The minimum atomic E-state index is -1.15. The molecule has 0 aliphatic rings. The second-order valence-corrected chi connectivity index (χ2v) is 4.36. The first-order valence-electron chi connectivity index (χ1n) is 4.89. The number of hydrogen-bond donors (Lipinski definition) is 2. The van der Waals surface area contributed by atoms with Crippen LogP contribution in [0.3, 0.4) is 0 Å². The number of benzene rings is 1. The van der Waals surface area contributed by atoms with Gasteiger partial charge in [-0.3, -0.25) is 4.79 Å². The molecule has 1 aromatic carbocycles. The lowest BCUT2D eigenvalue weighted by Gasteiger charge is -2.10. The summed E-state index contributed by atoms with van der Waals surface area (Å²) >= 11 is 3.39. The van der Waals surface area contributed by atoms with Gasteiger partial charge in [0.05, 0.1) is 0 Å². The van der Waals surface area contributed by atoms with Gasteiger partial charge in [-0.1, -0.05) is 15.9 Å². The van der Waals surface area contributed by atoms with Gasteiger partial charge in [0.1, 0.15) is 0 Å². The van der Waals surface area contributed by atoms with E-state index in [1.54, 1.807) is 6.07 Å². The number of carboxylic acid groups (broad SMARTS) is 1. The van der Waals surface area contributed by atoms with Gasteiger partial charge < -0.3 is 10.4 Å². The van der Waals surface area contributed by atoms with Gasteiger partial charge in [0.25, 0.3) is 0 Å². The van der Waals surface area contributed by atoms with E-state index in [2.05, 4.69) is 21.2 Å². The van der Waals surface area contributed by atoms with Crippen molar-refractivity contribution < 1.29 is 14.7 Å². The summed E-state index contributed by atoms with van der Waals surface area (Å²) in [4.78, 5) is 21.6. The van der Waals surface area contributed by atoms with Crippen LogP contribution >= 0.6 is 15.9 Å². The van der Waals surface area contributed by atoms with Crippen molar-refractivity contribution in [1.29, 1.82) is 0 Å². The van der Waals surface area contributed by atoms with Crippen LogP contribution in [0.1, 0.15) is 11.1 Å². The van der Waals surface area contributed by atoms with Crippen LogP contribution in [0.25, 0.3) is 0 Å². The fraction of sp³-hybridized carbons (Fsp3) is 0.167. The zero-order chi connectivity index (χ0) is 13.0.